The molecule has 1 saturated heterocycles. The largest absolute Gasteiger partial charge is 0.477 e. The first-order valence-corrected chi connectivity index (χ1v) is 12.1. The van der Waals surface area contributed by atoms with Crippen molar-refractivity contribution >= 4 is 47.0 Å². The number of halogens is 3. The Bertz CT molecular complexity index is 1230. The molecule has 35 heavy (non-hydrogen) atoms. The van der Waals surface area contributed by atoms with Gasteiger partial charge < -0.3 is 20.7 Å². The normalized spacial score (nSPS) is 19.9. The summed E-state index contributed by atoms with van der Waals surface area (Å²) in [5.74, 6) is -3.29. The minimum Gasteiger partial charge on any atom is -0.477 e. The van der Waals surface area contributed by atoms with Crippen molar-refractivity contribution in [2.45, 2.75) is 29.2 Å². The van der Waals surface area contributed by atoms with E-state index in [4.69, 9.17) is 5.73 Å². The van der Waals surface area contributed by atoms with Crippen LogP contribution in [0.5, 0.6) is 0 Å². The molecular formula is C20H19F3N6O4S2. The number of carbonyl (C=O) groups is 3. The van der Waals surface area contributed by atoms with Crippen LogP contribution in [0.1, 0.15) is 11.4 Å². The second kappa shape index (κ2) is 9.45. The number of amides is 2. The number of alkyl halides is 3. The molecule has 2 aromatic rings. The maximum Gasteiger partial charge on any atom is 0.451 e. The molecule has 1 aromatic heterocycles. The third-order valence-corrected chi connectivity index (χ3v) is 7.88. The molecule has 2 aliphatic heterocycles. The first-order chi connectivity index (χ1) is 16.5. The van der Waals surface area contributed by atoms with Crippen LogP contribution in [0.2, 0.25) is 0 Å². The first kappa shape index (κ1) is 24.9. The summed E-state index contributed by atoms with van der Waals surface area (Å²) in [5, 5.41) is 18.4. The Morgan fingerprint density at radius 2 is 2.03 bits per heavy atom. The van der Waals surface area contributed by atoms with Gasteiger partial charge in [-0.3, -0.25) is 14.5 Å². The molecule has 4 N–H and O–H groups in total. The molecule has 1 fully saturated rings. The van der Waals surface area contributed by atoms with Gasteiger partial charge in [-0.15, -0.1) is 22.0 Å². The molecule has 0 bridgehead atoms. The van der Waals surface area contributed by atoms with Gasteiger partial charge in [0.15, 0.2) is 5.16 Å². The van der Waals surface area contributed by atoms with Crippen molar-refractivity contribution in [2.75, 3.05) is 17.2 Å². The van der Waals surface area contributed by atoms with Gasteiger partial charge >= 0.3 is 12.1 Å². The van der Waals surface area contributed by atoms with Gasteiger partial charge in [-0.2, -0.15) is 13.2 Å². The van der Waals surface area contributed by atoms with Crippen LogP contribution in [0.25, 0.3) is 0 Å². The average Bonchev–Trinajstić information content (AvgIpc) is 3.17. The number of rotatable bonds is 7. The van der Waals surface area contributed by atoms with Gasteiger partial charge in [0, 0.05) is 24.2 Å². The summed E-state index contributed by atoms with van der Waals surface area (Å²) >= 11 is 2.15. The van der Waals surface area contributed by atoms with Crippen molar-refractivity contribution in [2.24, 2.45) is 7.05 Å². The third-order valence-electron chi connectivity index (χ3n) is 5.44. The predicted molar refractivity (Wildman–Crippen MR) is 121 cm³/mol. The highest BCUT2D eigenvalue weighted by molar-refractivity contribution is 8.01. The molecule has 186 valence electrons. The minimum atomic E-state index is -4.67. The van der Waals surface area contributed by atoms with Crippen LogP contribution in [-0.4, -0.2) is 65.5 Å². The lowest BCUT2D eigenvalue weighted by atomic mass is 10.0. The van der Waals surface area contributed by atoms with Gasteiger partial charge in [-0.1, -0.05) is 30.0 Å². The molecule has 1 aromatic carbocycles. The second-order valence-electron chi connectivity index (χ2n) is 7.74. The number of aliphatic carboxylic acids is 1. The number of carboxylic acid groups (broad SMARTS) is 1. The lowest BCUT2D eigenvalue weighted by Gasteiger charge is -2.49. The van der Waals surface area contributed by atoms with Gasteiger partial charge in [-0.25, -0.2) is 4.79 Å². The molecule has 0 radical (unpaired) electrons. The van der Waals surface area contributed by atoms with Crippen molar-refractivity contribution in [1.82, 2.24) is 25.0 Å². The Kier molecular flexibility index (Phi) is 6.73. The molecule has 0 spiro atoms. The van der Waals surface area contributed by atoms with Crippen LogP contribution < -0.4 is 11.1 Å². The maximum absolute atomic E-state index is 12.9. The van der Waals surface area contributed by atoms with Gasteiger partial charge in [0.2, 0.25) is 11.7 Å². The topological polar surface area (TPSA) is 143 Å². The Morgan fingerprint density at radius 1 is 1.31 bits per heavy atom. The van der Waals surface area contributed by atoms with Gasteiger partial charge in [-0.05, 0) is 17.2 Å². The molecule has 1 unspecified atom stereocenters. The van der Waals surface area contributed by atoms with Crippen LogP contribution in [0, 0.1) is 0 Å². The van der Waals surface area contributed by atoms with E-state index in [0.29, 0.717) is 16.8 Å². The van der Waals surface area contributed by atoms with Crippen LogP contribution in [-0.2, 0) is 34.0 Å². The molecule has 10 nitrogen and oxygen atoms in total. The average molecular weight is 529 g/mol. The number of hydrogen-bond donors (Lipinski definition) is 3. The highest BCUT2D eigenvalue weighted by Gasteiger charge is 2.54. The zero-order chi connectivity index (χ0) is 25.5. The van der Waals surface area contributed by atoms with E-state index in [1.54, 1.807) is 24.3 Å². The number of benzene rings is 1. The number of nitrogens with zero attached hydrogens (tertiary/aromatic N) is 4. The second-order valence-corrected chi connectivity index (χ2v) is 9.79. The van der Waals surface area contributed by atoms with E-state index in [0.717, 1.165) is 21.2 Å². The number of fused-ring (bicyclic) bond motifs is 1. The van der Waals surface area contributed by atoms with Crippen molar-refractivity contribution in [3.05, 3.63) is 46.9 Å². The fourth-order valence-electron chi connectivity index (χ4n) is 3.73. The summed E-state index contributed by atoms with van der Waals surface area (Å²) in [5.41, 5.74) is 7.02. The number of aromatic nitrogens is 3. The molecular weight excluding hydrogens is 509 g/mol. The minimum absolute atomic E-state index is 0.000721. The van der Waals surface area contributed by atoms with Crippen molar-refractivity contribution in [3.63, 3.8) is 0 Å². The monoisotopic (exact) mass is 528 g/mol. The molecule has 2 atom stereocenters. The number of hydrogen-bond acceptors (Lipinski definition) is 8. The summed E-state index contributed by atoms with van der Waals surface area (Å²) in [4.78, 5) is 38.3. The number of carbonyl (C=O) groups excluding carboxylic acids is 2. The molecule has 3 heterocycles. The Morgan fingerprint density at radius 3 is 2.66 bits per heavy atom. The van der Waals surface area contributed by atoms with E-state index in [2.05, 4.69) is 15.5 Å². The van der Waals surface area contributed by atoms with Gasteiger partial charge in [0.1, 0.15) is 17.1 Å². The van der Waals surface area contributed by atoms with E-state index in [9.17, 15) is 32.7 Å². The number of thioether (sulfide) groups is 2. The number of anilines is 1. The number of nitrogens with one attached hydrogen (secondary N) is 1. The van der Waals surface area contributed by atoms with Crippen molar-refractivity contribution in [1.29, 1.82) is 0 Å². The zero-order valence-corrected chi connectivity index (χ0v) is 19.7. The first-order valence-electron chi connectivity index (χ1n) is 10.1. The summed E-state index contributed by atoms with van der Waals surface area (Å²) in [6.07, 6.45) is -4.70. The summed E-state index contributed by atoms with van der Waals surface area (Å²) in [7, 11) is 1.17. The molecule has 0 saturated carbocycles. The Balaban J connectivity index is 1.45. The number of para-hydroxylation sites is 1. The fraction of sp³-hybridized carbons (Fsp3) is 0.350. The smallest absolute Gasteiger partial charge is 0.451 e. The van der Waals surface area contributed by atoms with Crippen LogP contribution in [0.15, 0.2) is 40.7 Å². The standard InChI is InChI=1S/C20H19F3N6O4S2/c1-28-18(20(21,22)23)26-27-19(28)35-8-10-7-34-16-13(15(31)29(16)14(10)17(32)33)25-12(30)6-9-4-2-3-5-11(9)24/h2-5,13,16H,6-8,24H2,1H3,(H,25,30)(H,32,33)/t13?,16-/m0/s1. The van der Waals surface area contributed by atoms with Crippen molar-refractivity contribution < 1.29 is 32.7 Å². The van der Waals surface area contributed by atoms with Crippen molar-refractivity contribution in [3.8, 4) is 0 Å². The summed E-state index contributed by atoms with van der Waals surface area (Å²) in [6.45, 7) is 0. The number of carboxylic acids is 1. The summed E-state index contributed by atoms with van der Waals surface area (Å²) < 4.78 is 39.6. The molecule has 2 aliphatic rings. The predicted octanol–water partition coefficient (Wildman–Crippen LogP) is 1.49. The molecule has 4 rings (SSSR count). The molecule has 15 heteroatoms. The lowest BCUT2D eigenvalue weighted by Crippen LogP contribution is -2.70. The van der Waals surface area contributed by atoms with Gasteiger partial charge in [0.25, 0.3) is 5.91 Å². The fourth-order valence-corrected chi connectivity index (χ4v) is 6.12. The van der Waals surface area contributed by atoms with Crippen LogP contribution in [0.4, 0.5) is 18.9 Å². The highest BCUT2D eigenvalue weighted by atomic mass is 32.2. The molecule has 0 aliphatic carbocycles. The van der Waals surface area contributed by atoms with Crippen LogP contribution >= 0.6 is 23.5 Å². The SMILES string of the molecule is Cn1c(SCC2=C(C(=O)O)N3C(=O)C(NC(=O)Cc4ccccc4N)[C@@H]3SC2)nnc1C(F)(F)F. The van der Waals surface area contributed by atoms with E-state index in [-0.39, 0.29) is 28.8 Å². The maximum atomic E-state index is 12.9. The van der Waals surface area contributed by atoms with E-state index >= 15 is 0 Å². The van der Waals surface area contributed by atoms with Crippen LogP contribution in [0.3, 0.4) is 0 Å². The van der Waals surface area contributed by atoms with Gasteiger partial charge in [0.05, 0.1) is 6.42 Å². The lowest BCUT2D eigenvalue weighted by molar-refractivity contribution is -0.150. The third kappa shape index (κ3) is 4.82. The van der Waals surface area contributed by atoms with E-state index in [1.807, 2.05) is 0 Å². The molecule has 2 amide bonds. The Labute approximate surface area is 205 Å². The van der Waals surface area contributed by atoms with E-state index in [1.165, 1.54) is 18.8 Å². The number of nitrogen functional groups attached to an aromatic ring is 1. The Hall–Kier alpha value is -3.20. The zero-order valence-electron chi connectivity index (χ0n) is 18.1. The number of nitrogens with two attached hydrogens (primary N) is 1. The summed E-state index contributed by atoms with van der Waals surface area (Å²) in [6, 6.07) is 5.93. The highest BCUT2D eigenvalue weighted by Crippen LogP contribution is 2.41. The quantitative estimate of drug-likeness (QED) is 0.277. The number of β-lactam (4-membered cyclic amide) rings is 1. The van der Waals surface area contributed by atoms with E-state index < -0.39 is 41.2 Å².